The quantitative estimate of drug-likeness (QED) is 0.156. The van der Waals surface area contributed by atoms with Crippen LogP contribution in [0.1, 0.15) is 111 Å². The summed E-state index contributed by atoms with van der Waals surface area (Å²) in [5, 5.41) is 1.79. The molecule has 0 aliphatic heterocycles. The van der Waals surface area contributed by atoms with E-state index in [4.69, 9.17) is 19.5 Å². The van der Waals surface area contributed by atoms with Crippen LogP contribution in [0.5, 0.6) is 0 Å². The Morgan fingerprint density at radius 3 is 2.28 bits per heavy atom. The fourth-order valence-corrected chi connectivity index (χ4v) is 7.63. The van der Waals surface area contributed by atoms with Gasteiger partial charge in [-0.15, -0.1) is 35.9 Å². The van der Waals surface area contributed by atoms with Gasteiger partial charge in [-0.2, -0.15) is 0 Å². The summed E-state index contributed by atoms with van der Waals surface area (Å²) in [7, 11) is 0. The molecule has 4 aromatic heterocycles. The minimum absolute atomic E-state index is 0. The molecule has 8 aromatic rings. The molecule has 0 unspecified atom stereocenters. The average Bonchev–Trinajstić information content (AvgIpc) is 3.70. The topological polar surface area (TPSA) is 51.8 Å². The molecule has 0 saturated heterocycles. The van der Waals surface area contributed by atoms with Crippen LogP contribution in [0.3, 0.4) is 0 Å². The number of hydrogen-bond acceptors (Lipinski definition) is 4. The van der Waals surface area contributed by atoms with Crippen LogP contribution in [0.4, 0.5) is 0 Å². The molecule has 0 N–H and O–H groups in total. The van der Waals surface area contributed by atoms with Crippen LogP contribution in [-0.4, -0.2) is 15.0 Å². The van der Waals surface area contributed by atoms with Crippen molar-refractivity contribution in [1.82, 2.24) is 15.0 Å². The molecule has 1 fully saturated rings. The van der Waals surface area contributed by atoms with E-state index in [9.17, 15) is 1.37 Å². The molecular formula is C55H55IrN3O-2. The molecule has 1 aliphatic carbocycles. The summed E-state index contributed by atoms with van der Waals surface area (Å²) in [6, 6.07) is 36.2. The van der Waals surface area contributed by atoms with Crippen LogP contribution in [0, 0.1) is 43.6 Å². The second kappa shape index (κ2) is 17.8. The maximum atomic E-state index is 9.29. The summed E-state index contributed by atoms with van der Waals surface area (Å²) >= 11 is 0. The third kappa shape index (κ3) is 9.70. The molecule has 9 rings (SSSR count). The molecule has 1 aliphatic rings. The Hall–Kier alpha value is -5.22. The van der Waals surface area contributed by atoms with E-state index in [1.54, 1.807) is 48.5 Å². The van der Waals surface area contributed by atoms with Gasteiger partial charge < -0.3 is 19.4 Å². The van der Waals surface area contributed by atoms with Crippen LogP contribution < -0.4 is 0 Å². The van der Waals surface area contributed by atoms with E-state index in [0.29, 0.717) is 57.6 Å². The van der Waals surface area contributed by atoms with Crippen molar-refractivity contribution in [2.45, 2.75) is 93.1 Å². The molecule has 0 bridgehead atoms. The first-order chi connectivity index (χ1) is 33.1. The van der Waals surface area contributed by atoms with Crippen molar-refractivity contribution in [3.63, 3.8) is 0 Å². The Balaban J connectivity index is 0.000000267. The SMILES string of the molecule is [2H]C([2H])([2H])c1ccc(-c2ccc(C([2H])([2H])C(C)(C)C)cn2)[c-]n1.[2H]C([2H])([2H])c1cnc(-c2[c-]ccc3c2oc2cc(-c4ccccc4)ccc23)cc1-c1ccc(C2([2H])CCC(C)(C)CC2)cc1C([2H])([2H])[2H].[Ir]. The Morgan fingerprint density at radius 1 is 0.783 bits per heavy atom. The Bertz CT molecular complexity index is 3200. The molecule has 4 aromatic carbocycles. The van der Waals surface area contributed by atoms with Crippen molar-refractivity contribution in [2.24, 2.45) is 10.8 Å². The van der Waals surface area contributed by atoms with E-state index in [1.165, 1.54) is 18.5 Å². The molecule has 1 radical (unpaired) electrons. The number of nitrogens with zero attached hydrogens (tertiary/aromatic N) is 3. The van der Waals surface area contributed by atoms with E-state index < -0.39 is 38.2 Å². The second-order valence-electron chi connectivity index (χ2n) is 17.1. The van der Waals surface area contributed by atoms with E-state index in [0.717, 1.165) is 34.7 Å². The summed E-state index contributed by atoms with van der Waals surface area (Å²) in [4.78, 5) is 12.7. The molecular weight excluding hydrogens is 911 g/mol. The maximum absolute atomic E-state index is 9.29. The van der Waals surface area contributed by atoms with E-state index in [1.807, 2.05) is 69.3 Å². The van der Waals surface area contributed by atoms with Gasteiger partial charge in [-0.05, 0) is 136 Å². The largest absolute Gasteiger partial charge is 0.501 e. The van der Waals surface area contributed by atoms with Crippen LogP contribution in [0.15, 0.2) is 126 Å². The van der Waals surface area contributed by atoms with E-state index >= 15 is 0 Å². The maximum Gasteiger partial charge on any atom is 0.121 e. The van der Waals surface area contributed by atoms with Gasteiger partial charge in [-0.3, -0.25) is 0 Å². The number of benzene rings is 4. The minimum Gasteiger partial charge on any atom is -0.501 e. The van der Waals surface area contributed by atoms with Crippen LogP contribution in [0.2, 0.25) is 0 Å². The van der Waals surface area contributed by atoms with Gasteiger partial charge in [0.25, 0.3) is 0 Å². The zero-order valence-corrected chi connectivity index (χ0v) is 36.9. The Labute approximate surface area is 387 Å². The minimum atomic E-state index is -2.56. The zero-order valence-electron chi connectivity index (χ0n) is 46.5. The number of rotatable bonds is 6. The predicted octanol–water partition coefficient (Wildman–Crippen LogP) is 14.9. The number of aryl methyl sites for hydroxylation is 3. The number of pyridine rings is 3. The first kappa shape index (κ1) is 29.9. The smallest absolute Gasteiger partial charge is 0.121 e. The van der Waals surface area contributed by atoms with E-state index in [-0.39, 0.29) is 53.5 Å². The van der Waals surface area contributed by atoms with Gasteiger partial charge in [0.05, 0.1) is 5.58 Å². The summed E-state index contributed by atoms with van der Waals surface area (Å²) in [5.41, 5.74) is 6.69. The molecule has 1 saturated carbocycles. The summed E-state index contributed by atoms with van der Waals surface area (Å²) in [6.45, 7) is 2.56. The summed E-state index contributed by atoms with van der Waals surface area (Å²) in [6.07, 6.45) is 6.99. The van der Waals surface area contributed by atoms with Gasteiger partial charge >= 0.3 is 0 Å². The normalized spacial score (nSPS) is 18.4. The van der Waals surface area contributed by atoms with Gasteiger partial charge in [0.2, 0.25) is 0 Å². The van der Waals surface area contributed by atoms with Gasteiger partial charge in [0.1, 0.15) is 5.58 Å². The van der Waals surface area contributed by atoms with Crippen LogP contribution in [0.25, 0.3) is 66.7 Å². The second-order valence-corrected chi connectivity index (χ2v) is 17.1. The monoisotopic (exact) mass is 978 g/mol. The zero-order chi connectivity index (χ0) is 51.5. The van der Waals surface area contributed by atoms with Crippen molar-refractivity contribution >= 4 is 21.9 Å². The van der Waals surface area contributed by atoms with Gasteiger partial charge in [-0.25, -0.2) is 0 Å². The molecule has 60 heavy (non-hydrogen) atoms. The number of furan rings is 1. The molecule has 0 atom stereocenters. The Morgan fingerprint density at radius 2 is 1.58 bits per heavy atom. The Kier molecular flexibility index (Phi) is 8.87. The fraction of sp³-hybridized carbons (Fsp3) is 0.291. The summed E-state index contributed by atoms with van der Waals surface area (Å²) in [5.74, 6) is -0.906. The molecule has 4 nitrogen and oxygen atoms in total. The number of fused-ring (bicyclic) bond motifs is 3. The van der Waals surface area contributed by atoms with Crippen molar-refractivity contribution in [3.8, 4) is 44.8 Å². The number of hydrogen-bond donors (Lipinski definition) is 0. The van der Waals surface area contributed by atoms with Crippen molar-refractivity contribution in [1.29, 1.82) is 0 Å². The first-order valence-corrected chi connectivity index (χ1v) is 20.0. The standard InChI is InChI=1S/C39H36NO.C16H19N2.Ir/c1-25-21-29(28-17-19-39(3,4)20-18-28)13-15-31(25)35-23-36(40-24-26(35)2)34-12-8-11-33-32-16-14-30(22-37(32)41-38(33)34)27-9-6-5-7-10-27;1-12-5-7-14(11-17-12)15-8-6-13(10-18-15)9-16(2,3)4;/h5-11,13-16,21-24,28H,17-20H2,1-4H3;5-8,10H,9H2,1-4H3;/q2*-1;/i1D3,2D3,28D;1D3,9D2;. The molecule has 307 valence electrons. The van der Waals surface area contributed by atoms with Crippen molar-refractivity contribution in [2.75, 3.05) is 0 Å². The van der Waals surface area contributed by atoms with Crippen molar-refractivity contribution in [3.05, 3.63) is 162 Å². The van der Waals surface area contributed by atoms with Crippen LogP contribution in [-0.2, 0) is 26.5 Å². The van der Waals surface area contributed by atoms with Crippen molar-refractivity contribution < 1.29 is 41.0 Å². The average molecular weight is 978 g/mol. The first-order valence-electron chi connectivity index (χ1n) is 26.0. The fourth-order valence-electron chi connectivity index (χ4n) is 7.63. The van der Waals surface area contributed by atoms with E-state index in [2.05, 4.69) is 47.1 Å². The third-order valence-corrected chi connectivity index (χ3v) is 10.9. The molecule has 0 spiro atoms. The molecule has 5 heteroatoms. The molecule has 0 amide bonds. The predicted molar refractivity (Wildman–Crippen MR) is 245 cm³/mol. The van der Waals surface area contributed by atoms with Crippen LogP contribution >= 0.6 is 0 Å². The van der Waals surface area contributed by atoms with Gasteiger partial charge in [0.15, 0.2) is 0 Å². The third-order valence-electron chi connectivity index (χ3n) is 10.9. The van der Waals surface area contributed by atoms with Gasteiger partial charge in [-0.1, -0.05) is 131 Å². The molecule has 4 heterocycles. The summed E-state index contributed by atoms with van der Waals surface area (Å²) < 4.78 is 105. The number of aromatic nitrogens is 3. The van der Waals surface area contributed by atoms with Gasteiger partial charge in [0, 0.05) is 54.3 Å².